The predicted octanol–water partition coefficient (Wildman–Crippen LogP) is 2.48. The second-order valence-corrected chi connectivity index (χ2v) is 5.68. The lowest BCUT2D eigenvalue weighted by Crippen LogP contribution is -2.25. The molecule has 0 bridgehead atoms. The Bertz CT molecular complexity index is 842. The van der Waals surface area contributed by atoms with E-state index in [0.29, 0.717) is 18.8 Å². The fourth-order valence-electron chi connectivity index (χ4n) is 2.99. The minimum absolute atomic E-state index is 0.0105. The van der Waals surface area contributed by atoms with Crippen LogP contribution >= 0.6 is 0 Å². The van der Waals surface area contributed by atoms with Gasteiger partial charge in [-0.15, -0.1) is 0 Å². The van der Waals surface area contributed by atoms with Crippen molar-refractivity contribution in [2.24, 2.45) is 7.05 Å². The summed E-state index contributed by atoms with van der Waals surface area (Å²) in [6, 6.07) is 10.2. The number of nitrogens with zero attached hydrogens (tertiary/aromatic N) is 3. The summed E-state index contributed by atoms with van der Waals surface area (Å²) in [7, 11) is 7.27. The zero-order valence-electron chi connectivity index (χ0n) is 13.5. The highest BCUT2D eigenvalue weighted by atomic mass is 16.5. The van der Waals surface area contributed by atoms with Gasteiger partial charge in [-0.25, -0.2) is 0 Å². The number of fused-ring (bicyclic) bond motifs is 3. The van der Waals surface area contributed by atoms with Gasteiger partial charge in [-0.2, -0.15) is 0 Å². The lowest BCUT2D eigenvalue weighted by Gasteiger charge is -2.14. The number of benzene rings is 1. The van der Waals surface area contributed by atoms with E-state index in [-0.39, 0.29) is 5.91 Å². The number of carbonyl (C=O) groups is 1. The maximum atomic E-state index is 12.5. The van der Waals surface area contributed by atoms with Crippen molar-refractivity contribution < 1.29 is 9.53 Å². The van der Waals surface area contributed by atoms with Gasteiger partial charge in [0.2, 0.25) is 0 Å². The van der Waals surface area contributed by atoms with Gasteiger partial charge in [-0.1, -0.05) is 18.2 Å². The van der Waals surface area contributed by atoms with Crippen LogP contribution in [-0.2, 0) is 18.3 Å². The average molecular weight is 299 g/mol. The number of methoxy groups -OCH3 is 1. The summed E-state index contributed by atoms with van der Waals surface area (Å²) in [5.41, 5.74) is 4.04. The smallest absolute Gasteiger partial charge is 0.270 e. The summed E-state index contributed by atoms with van der Waals surface area (Å²) < 4.78 is 9.44. The minimum atomic E-state index is 0.0105. The number of aromatic nitrogens is 2. The van der Waals surface area contributed by atoms with Crippen molar-refractivity contribution in [2.45, 2.75) is 6.54 Å². The molecule has 1 amide bonds. The van der Waals surface area contributed by atoms with Crippen molar-refractivity contribution in [3.63, 3.8) is 0 Å². The molecule has 2 heterocycles. The van der Waals surface area contributed by atoms with Crippen LogP contribution in [0.5, 0.6) is 0 Å². The van der Waals surface area contributed by atoms with Crippen molar-refractivity contribution in [3.05, 3.63) is 36.0 Å². The number of rotatable bonds is 4. The normalized spacial score (nSPS) is 11.5. The largest absolute Gasteiger partial charge is 0.383 e. The van der Waals surface area contributed by atoms with Crippen LogP contribution in [0.3, 0.4) is 0 Å². The van der Waals surface area contributed by atoms with Gasteiger partial charge in [-0.05, 0) is 12.1 Å². The molecule has 0 radical (unpaired) electrons. The third kappa shape index (κ3) is 2.09. The zero-order chi connectivity index (χ0) is 15.9. The first-order valence-corrected chi connectivity index (χ1v) is 7.33. The third-order valence-corrected chi connectivity index (χ3v) is 4.10. The van der Waals surface area contributed by atoms with Gasteiger partial charge in [-0.3, -0.25) is 4.79 Å². The Balaban J connectivity index is 2.33. The van der Waals surface area contributed by atoms with Crippen LogP contribution in [0.25, 0.3) is 21.9 Å². The molecule has 0 aliphatic heterocycles. The van der Waals surface area contributed by atoms with Crippen LogP contribution in [0.2, 0.25) is 0 Å². The second-order valence-electron chi connectivity index (χ2n) is 5.68. The topological polar surface area (TPSA) is 39.4 Å². The van der Waals surface area contributed by atoms with Crippen LogP contribution in [0.1, 0.15) is 10.5 Å². The number of para-hydroxylation sites is 1. The number of amides is 1. The van der Waals surface area contributed by atoms with E-state index >= 15 is 0 Å². The Hall–Kier alpha value is -2.27. The molecule has 0 saturated carbocycles. The highest BCUT2D eigenvalue weighted by molar-refractivity contribution is 6.10. The van der Waals surface area contributed by atoms with Gasteiger partial charge in [0.25, 0.3) is 5.91 Å². The Labute approximate surface area is 129 Å². The SMILES string of the molecule is COCCn1c(C(=O)N(C)C)cc2c1c1ccccc1n2C. The maximum absolute atomic E-state index is 12.5. The standard InChI is InChI=1S/C17H21N3O2/c1-18(2)17(21)15-11-14-16(20(15)9-10-22-4)12-7-5-6-8-13(12)19(14)3/h5-8,11H,9-10H2,1-4H3. The Morgan fingerprint density at radius 3 is 2.64 bits per heavy atom. The van der Waals surface area contributed by atoms with Crippen LogP contribution in [0, 0.1) is 0 Å². The highest BCUT2D eigenvalue weighted by Crippen LogP contribution is 2.31. The highest BCUT2D eigenvalue weighted by Gasteiger charge is 2.21. The second kappa shape index (κ2) is 5.50. The molecule has 22 heavy (non-hydrogen) atoms. The van der Waals surface area contributed by atoms with E-state index in [1.165, 1.54) is 5.52 Å². The first-order valence-electron chi connectivity index (χ1n) is 7.33. The van der Waals surface area contributed by atoms with Gasteiger partial charge >= 0.3 is 0 Å². The lowest BCUT2D eigenvalue weighted by atomic mass is 10.2. The number of ether oxygens (including phenoxy) is 1. The quantitative estimate of drug-likeness (QED) is 0.742. The molecule has 0 unspecified atom stereocenters. The van der Waals surface area contributed by atoms with Gasteiger partial charge in [0.1, 0.15) is 5.69 Å². The molecule has 0 fully saturated rings. The van der Waals surface area contributed by atoms with Crippen LogP contribution in [-0.4, -0.2) is 47.8 Å². The molecule has 0 spiro atoms. The molecule has 0 aliphatic carbocycles. The first-order chi connectivity index (χ1) is 10.6. The van der Waals surface area contributed by atoms with Crippen LogP contribution < -0.4 is 0 Å². The molecule has 0 aliphatic rings. The molecule has 5 nitrogen and oxygen atoms in total. The average Bonchev–Trinajstić information content (AvgIpc) is 3.02. The molecule has 3 aromatic rings. The van der Waals surface area contributed by atoms with Crippen molar-refractivity contribution in [2.75, 3.05) is 27.8 Å². The molecule has 5 heteroatoms. The summed E-state index contributed by atoms with van der Waals surface area (Å²) in [6.07, 6.45) is 0. The number of carbonyl (C=O) groups excluding carboxylic acids is 1. The number of hydrogen-bond donors (Lipinski definition) is 0. The molecule has 1 aromatic carbocycles. The number of hydrogen-bond acceptors (Lipinski definition) is 2. The fraction of sp³-hybridized carbons (Fsp3) is 0.353. The van der Waals surface area contributed by atoms with Gasteiger partial charge in [0, 0.05) is 40.2 Å². The van der Waals surface area contributed by atoms with E-state index in [2.05, 4.69) is 21.3 Å². The fourth-order valence-corrected chi connectivity index (χ4v) is 2.99. The Morgan fingerprint density at radius 1 is 1.23 bits per heavy atom. The van der Waals surface area contributed by atoms with E-state index in [0.717, 1.165) is 16.4 Å². The minimum Gasteiger partial charge on any atom is -0.383 e. The predicted molar refractivity (Wildman–Crippen MR) is 88.3 cm³/mol. The maximum Gasteiger partial charge on any atom is 0.270 e. The van der Waals surface area contributed by atoms with Crippen LogP contribution in [0.4, 0.5) is 0 Å². The molecular formula is C17H21N3O2. The van der Waals surface area contributed by atoms with E-state index < -0.39 is 0 Å². The van der Waals surface area contributed by atoms with Gasteiger partial charge < -0.3 is 18.8 Å². The van der Waals surface area contributed by atoms with E-state index in [1.54, 1.807) is 26.1 Å². The molecule has 0 N–H and O–H groups in total. The van der Waals surface area contributed by atoms with Gasteiger partial charge in [0.15, 0.2) is 0 Å². The van der Waals surface area contributed by atoms with Crippen molar-refractivity contribution in [1.82, 2.24) is 14.0 Å². The zero-order valence-corrected chi connectivity index (χ0v) is 13.5. The van der Waals surface area contributed by atoms with Crippen molar-refractivity contribution in [1.29, 1.82) is 0 Å². The molecular weight excluding hydrogens is 278 g/mol. The van der Waals surface area contributed by atoms with Gasteiger partial charge in [0.05, 0.1) is 23.2 Å². The van der Waals surface area contributed by atoms with E-state index in [1.807, 2.05) is 25.2 Å². The summed E-state index contributed by atoms with van der Waals surface area (Å²) in [5.74, 6) is 0.0105. The summed E-state index contributed by atoms with van der Waals surface area (Å²) >= 11 is 0. The molecule has 0 atom stereocenters. The van der Waals surface area contributed by atoms with Crippen molar-refractivity contribution >= 4 is 27.8 Å². The molecule has 3 rings (SSSR count). The summed E-state index contributed by atoms with van der Waals surface area (Å²) in [5, 5.41) is 1.16. The first kappa shape index (κ1) is 14.7. The third-order valence-electron chi connectivity index (χ3n) is 4.10. The molecule has 2 aromatic heterocycles. The van der Waals surface area contributed by atoms with Crippen LogP contribution in [0.15, 0.2) is 30.3 Å². The molecule has 0 saturated heterocycles. The number of aryl methyl sites for hydroxylation is 1. The van der Waals surface area contributed by atoms with Crippen molar-refractivity contribution in [3.8, 4) is 0 Å². The van der Waals surface area contributed by atoms with E-state index in [4.69, 9.17) is 4.74 Å². The Kier molecular flexibility index (Phi) is 3.66. The lowest BCUT2D eigenvalue weighted by molar-refractivity contribution is 0.0815. The monoisotopic (exact) mass is 299 g/mol. The summed E-state index contributed by atoms with van der Waals surface area (Å²) in [4.78, 5) is 14.1. The molecule has 116 valence electrons. The summed E-state index contributed by atoms with van der Waals surface area (Å²) in [6.45, 7) is 1.23. The van der Waals surface area contributed by atoms with E-state index in [9.17, 15) is 4.79 Å². The Morgan fingerprint density at radius 2 is 1.95 bits per heavy atom.